The van der Waals surface area contributed by atoms with Gasteiger partial charge in [-0.05, 0) is 25.1 Å². The number of nitrogens with zero attached hydrogens (tertiary/aromatic N) is 4. The quantitative estimate of drug-likeness (QED) is 0.534. The van der Waals surface area contributed by atoms with E-state index < -0.39 is 10.0 Å². The molecule has 0 radical (unpaired) electrons. The van der Waals surface area contributed by atoms with Gasteiger partial charge in [0.2, 0.25) is 10.0 Å². The van der Waals surface area contributed by atoms with Crippen molar-refractivity contribution in [2.45, 2.75) is 12.8 Å². The monoisotopic (exact) mass is 430 g/mol. The minimum Gasteiger partial charge on any atom is -0.379 e. The van der Waals surface area contributed by atoms with Crippen LogP contribution in [0.5, 0.6) is 0 Å². The Balaban J connectivity index is 1.56. The van der Waals surface area contributed by atoms with Gasteiger partial charge in [0, 0.05) is 43.7 Å². The zero-order valence-electron chi connectivity index (χ0n) is 17.2. The molecule has 0 atom stereocenters. The highest BCUT2D eigenvalue weighted by Gasteiger charge is 2.20. The zero-order valence-corrected chi connectivity index (χ0v) is 18.1. The fraction of sp³-hybridized carbons (Fsp3) is 0.429. The van der Waals surface area contributed by atoms with Crippen LogP contribution in [-0.4, -0.2) is 72.0 Å². The lowest BCUT2D eigenvalue weighted by atomic mass is 10.1. The molecule has 0 spiro atoms. The molecule has 1 fully saturated rings. The number of rotatable bonds is 7. The molecule has 0 saturated carbocycles. The van der Waals surface area contributed by atoms with Gasteiger partial charge in [-0.3, -0.25) is 14.4 Å². The van der Waals surface area contributed by atoms with Crippen LogP contribution in [0.15, 0.2) is 36.5 Å². The number of aryl methyl sites for hydroxylation is 1. The number of aromatic nitrogens is 3. The summed E-state index contributed by atoms with van der Waals surface area (Å²) in [6, 6.07) is 9.08. The lowest BCUT2D eigenvalue weighted by Gasteiger charge is -2.26. The number of carbonyl (C=O) groups is 1. The van der Waals surface area contributed by atoms with E-state index in [0.717, 1.165) is 50.2 Å². The normalized spacial score (nSPS) is 15.7. The van der Waals surface area contributed by atoms with Crippen LogP contribution in [0.2, 0.25) is 0 Å². The maximum absolute atomic E-state index is 12.7. The van der Waals surface area contributed by atoms with Crippen LogP contribution in [0.4, 0.5) is 0 Å². The van der Waals surface area contributed by atoms with E-state index in [0.29, 0.717) is 23.3 Å². The van der Waals surface area contributed by atoms with Crippen LogP contribution < -0.4 is 0 Å². The van der Waals surface area contributed by atoms with E-state index in [1.54, 1.807) is 36.1 Å². The average molecular weight is 431 g/mol. The van der Waals surface area contributed by atoms with Crippen molar-refractivity contribution in [2.24, 2.45) is 7.05 Å². The van der Waals surface area contributed by atoms with Gasteiger partial charge in [-0.2, -0.15) is 5.10 Å². The predicted octanol–water partition coefficient (Wildman–Crippen LogP) is 2.14. The van der Waals surface area contributed by atoms with Gasteiger partial charge < -0.3 is 4.74 Å². The first-order chi connectivity index (χ1) is 14.3. The maximum Gasteiger partial charge on any atom is 0.236 e. The molecule has 0 bridgehead atoms. The summed E-state index contributed by atoms with van der Waals surface area (Å²) in [4.78, 5) is 15.0. The van der Waals surface area contributed by atoms with Crippen LogP contribution in [0, 0.1) is 0 Å². The highest BCUT2D eigenvalue weighted by Crippen LogP contribution is 2.31. The van der Waals surface area contributed by atoms with Crippen molar-refractivity contribution in [3.05, 3.63) is 42.2 Å². The number of ketones is 1. The number of fused-ring (bicyclic) bond motifs is 1. The molecule has 2 aromatic heterocycles. The lowest BCUT2D eigenvalue weighted by Crippen LogP contribution is -2.36. The highest BCUT2D eigenvalue weighted by atomic mass is 32.2. The number of ether oxygens (including phenoxy) is 1. The molecule has 1 aromatic carbocycles. The smallest absolute Gasteiger partial charge is 0.236 e. The number of benzene rings is 1. The first-order valence-electron chi connectivity index (χ1n) is 10.0. The maximum atomic E-state index is 12.7. The second-order valence-electron chi connectivity index (χ2n) is 7.64. The van der Waals surface area contributed by atoms with Crippen molar-refractivity contribution in [2.75, 3.05) is 39.1 Å². The molecule has 0 aliphatic carbocycles. The summed E-state index contributed by atoms with van der Waals surface area (Å²) < 4.78 is 32.7. The Morgan fingerprint density at radius 3 is 2.67 bits per heavy atom. The average Bonchev–Trinajstić information content (AvgIpc) is 3.29. The number of hydrogen-bond donors (Lipinski definition) is 0. The molecule has 9 heteroatoms. The minimum absolute atomic E-state index is 0.00281. The molecule has 0 unspecified atom stereocenters. The van der Waals surface area contributed by atoms with Gasteiger partial charge in [-0.1, -0.05) is 18.2 Å². The third-order valence-electron chi connectivity index (χ3n) is 5.46. The third-order valence-corrected chi connectivity index (χ3v) is 6.48. The fourth-order valence-corrected chi connectivity index (χ4v) is 4.71. The molecule has 3 aromatic rings. The Kier molecular flexibility index (Phi) is 5.77. The van der Waals surface area contributed by atoms with Crippen LogP contribution in [-0.2, 0) is 21.8 Å². The molecule has 1 aliphatic rings. The van der Waals surface area contributed by atoms with Crippen LogP contribution >= 0.6 is 0 Å². The summed E-state index contributed by atoms with van der Waals surface area (Å²) in [7, 11) is -1.69. The van der Waals surface area contributed by atoms with Gasteiger partial charge in [-0.15, -0.1) is 0 Å². The summed E-state index contributed by atoms with van der Waals surface area (Å²) in [5, 5.41) is 5.21. The number of hydrogen-bond acceptors (Lipinski definition) is 6. The van der Waals surface area contributed by atoms with Gasteiger partial charge in [0.05, 0.1) is 30.7 Å². The molecule has 3 heterocycles. The molecular formula is C21H26N4O4S. The molecule has 160 valence electrons. The summed E-state index contributed by atoms with van der Waals surface area (Å²) >= 11 is 0. The Morgan fingerprint density at radius 2 is 1.93 bits per heavy atom. The topological polar surface area (TPSA) is 86.4 Å². The van der Waals surface area contributed by atoms with Gasteiger partial charge in [0.15, 0.2) is 5.78 Å². The van der Waals surface area contributed by atoms with Crippen LogP contribution in [0.3, 0.4) is 0 Å². The van der Waals surface area contributed by atoms with E-state index in [4.69, 9.17) is 4.74 Å². The van der Waals surface area contributed by atoms with Crippen molar-refractivity contribution in [1.29, 1.82) is 0 Å². The van der Waals surface area contributed by atoms with Gasteiger partial charge >= 0.3 is 0 Å². The van der Waals surface area contributed by atoms with E-state index >= 15 is 0 Å². The number of carbonyl (C=O) groups excluding carboxylic acids is 1. The minimum atomic E-state index is -3.46. The largest absolute Gasteiger partial charge is 0.379 e. The van der Waals surface area contributed by atoms with Gasteiger partial charge in [-0.25, -0.2) is 12.4 Å². The van der Waals surface area contributed by atoms with Crippen molar-refractivity contribution in [3.63, 3.8) is 0 Å². The predicted molar refractivity (Wildman–Crippen MR) is 115 cm³/mol. The van der Waals surface area contributed by atoms with Gasteiger partial charge in [0.25, 0.3) is 0 Å². The van der Waals surface area contributed by atoms with Crippen molar-refractivity contribution in [3.8, 4) is 11.3 Å². The van der Waals surface area contributed by atoms with E-state index in [2.05, 4.69) is 10.00 Å². The Bertz CT molecular complexity index is 1170. The summed E-state index contributed by atoms with van der Waals surface area (Å²) in [5.41, 5.74) is 2.46. The zero-order chi connectivity index (χ0) is 21.3. The number of para-hydroxylation sites is 1. The molecule has 1 saturated heterocycles. The molecular weight excluding hydrogens is 404 g/mol. The first-order valence-corrected chi connectivity index (χ1v) is 11.9. The number of morpholine rings is 1. The third kappa shape index (κ3) is 4.19. The van der Waals surface area contributed by atoms with Crippen LogP contribution in [0.1, 0.15) is 23.3 Å². The molecule has 0 amide bonds. The van der Waals surface area contributed by atoms with Gasteiger partial charge in [0.1, 0.15) is 5.69 Å². The Labute approximate surface area is 176 Å². The van der Waals surface area contributed by atoms with Crippen LogP contribution in [0.25, 0.3) is 22.2 Å². The van der Waals surface area contributed by atoms with Crippen molar-refractivity contribution < 1.29 is 17.9 Å². The number of Topliss-reactive ketones (excluding diaryl/α,β-unsaturated/α-hetero) is 1. The molecule has 8 nitrogen and oxygen atoms in total. The van der Waals surface area contributed by atoms with Crippen molar-refractivity contribution in [1.82, 2.24) is 18.7 Å². The van der Waals surface area contributed by atoms with Crippen molar-refractivity contribution >= 4 is 26.7 Å². The second-order valence-corrected chi connectivity index (χ2v) is 9.50. The molecule has 4 rings (SSSR count). The standard InChI is InChI=1S/C21H26N4O4S/c1-23-20(17-15-25(30(2,27)28)19-7-4-3-6-16(17)19)14-18(22-23)21(26)8-5-9-24-10-12-29-13-11-24/h3-4,6-7,14-15H,5,8-13H2,1-2H3. The summed E-state index contributed by atoms with van der Waals surface area (Å²) in [6.45, 7) is 4.19. The fourth-order valence-electron chi connectivity index (χ4n) is 3.90. The molecule has 0 N–H and O–H groups in total. The summed E-state index contributed by atoms with van der Waals surface area (Å²) in [5.74, 6) is -0.00281. The first kappa shape index (κ1) is 20.8. The molecule has 30 heavy (non-hydrogen) atoms. The summed E-state index contributed by atoms with van der Waals surface area (Å²) in [6.07, 6.45) is 3.98. The Morgan fingerprint density at radius 1 is 1.20 bits per heavy atom. The van der Waals surface area contributed by atoms with E-state index in [1.165, 1.54) is 10.2 Å². The second kappa shape index (κ2) is 8.33. The Hall–Kier alpha value is -2.49. The van der Waals surface area contributed by atoms with E-state index in [9.17, 15) is 13.2 Å². The highest BCUT2D eigenvalue weighted by molar-refractivity contribution is 7.89. The van der Waals surface area contributed by atoms with E-state index in [1.807, 2.05) is 12.1 Å². The molecule has 1 aliphatic heterocycles. The lowest BCUT2D eigenvalue weighted by molar-refractivity contribution is 0.0371. The van der Waals surface area contributed by atoms with E-state index in [-0.39, 0.29) is 5.78 Å². The SMILES string of the molecule is Cn1nc(C(=O)CCCN2CCOCC2)cc1-c1cn(S(C)(=O)=O)c2ccccc12.